The number of nitro benzene ring substituents is 1. The van der Waals surface area contributed by atoms with E-state index in [1.807, 2.05) is 0 Å². The number of para-hydroxylation sites is 1. The Bertz CT molecular complexity index is 870. The zero-order valence-corrected chi connectivity index (χ0v) is 14.1. The molecule has 1 amide bonds. The molecular formula is C16H13ClN2O7. The van der Waals surface area contributed by atoms with Gasteiger partial charge in [-0.3, -0.25) is 14.9 Å². The zero-order valence-electron chi connectivity index (χ0n) is 13.4. The van der Waals surface area contributed by atoms with Crippen LogP contribution in [0, 0.1) is 10.1 Å². The monoisotopic (exact) mass is 380 g/mol. The van der Waals surface area contributed by atoms with Crippen LogP contribution >= 0.6 is 11.6 Å². The first-order valence-corrected chi connectivity index (χ1v) is 7.48. The van der Waals surface area contributed by atoms with Gasteiger partial charge in [0.25, 0.3) is 11.6 Å². The van der Waals surface area contributed by atoms with Gasteiger partial charge in [0.1, 0.15) is 11.3 Å². The van der Waals surface area contributed by atoms with Crippen LogP contribution in [0.3, 0.4) is 0 Å². The summed E-state index contributed by atoms with van der Waals surface area (Å²) in [5, 5.41) is 23.2. The maximum Gasteiger partial charge on any atom is 0.342 e. The summed E-state index contributed by atoms with van der Waals surface area (Å²) in [6.45, 7) is -0.713. The van der Waals surface area contributed by atoms with E-state index in [4.69, 9.17) is 21.1 Å². The van der Waals surface area contributed by atoms with E-state index in [0.29, 0.717) is 0 Å². The van der Waals surface area contributed by atoms with Gasteiger partial charge in [0, 0.05) is 11.1 Å². The third kappa shape index (κ3) is 4.39. The summed E-state index contributed by atoms with van der Waals surface area (Å²) in [5.74, 6) is -2.11. The molecule has 0 spiro atoms. The number of nitro groups is 1. The molecule has 0 aliphatic heterocycles. The van der Waals surface area contributed by atoms with E-state index in [0.717, 1.165) is 6.07 Å². The van der Waals surface area contributed by atoms with E-state index >= 15 is 0 Å². The van der Waals surface area contributed by atoms with Gasteiger partial charge in [0.15, 0.2) is 18.1 Å². The number of nitrogens with one attached hydrogen (secondary N) is 1. The lowest BCUT2D eigenvalue weighted by atomic mass is 10.2. The second-order valence-electron chi connectivity index (χ2n) is 4.90. The van der Waals surface area contributed by atoms with E-state index in [2.05, 4.69) is 5.32 Å². The van der Waals surface area contributed by atoms with Crippen LogP contribution in [0.25, 0.3) is 0 Å². The van der Waals surface area contributed by atoms with Crippen molar-refractivity contribution in [1.29, 1.82) is 0 Å². The molecule has 0 radical (unpaired) electrons. The summed E-state index contributed by atoms with van der Waals surface area (Å²) in [6, 6.07) is 7.91. The van der Waals surface area contributed by atoms with E-state index in [1.54, 1.807) is 0 Å². The predicted molar refractivity (Wildman–Crippen MR) is 91.7 cm³/mol. The third-order valence-corrected chi connectivity index (χ3v) is 3.44. The van der Waals surface area contributed by atoms with Crippen molar-refractivity contribution in [2.24, 2.45) is 0 Å². The number of hydrogen-bond acceptors (Lipinski definition) is 7. The molecule has 136 valence electrons. The number of halogens is 1. The number of phenols is 1. The molecule has 9 nitrogen and oxygen atoms in total. The molecule has 10 heteroatoms. The topological polar surface area (TPSA) is 128 Å². The van der Waals surface area contributed by atoms with Gasteiger partial charge < -0.3 is 19.9 Å². The molecule has 0 atom stereocenters. The first-order chi connectivity index (χ1) is 12.3. The summed E-state index contributed by atoms with van der Waals surface area (Å²) in [6.07, 6.45) is 0. The van der Waals surface area contributed by atoms with Crippen LogP contribution in [0.2, 0.25) is 5.02 Å². The van der Waals surface area contributed by atoms with Crippen LogP contribution in [0.1, 0.15) is 10.4 Å². The van der Waals surface area contributed by atoms with Crippen LogP contribution < -0.4 is 10.1 Å². The van der Waals surface area contributed by atoms with Crippen molar-refractivity contribution in [3.63, 3.8) is 0 Å². The molecule has 2 aromatic rings. The molecule has 2 N–H and O–H groups in total. The summed E-state index contributed by atoms with van der Waals surface area (Å²) in [7, 11) is 1.32. The van der Waals surface area contributed by atoms with E-state index in [9.17, 15) is 24.8 Å². The number of carbonyl (C=O) groups is 2. The number of carbonyl (C=O) groups excluding carboxylic acids is 2. The van der Waals surface area contributed by atoms with Gasteiger partial charge >= 0.3 is 5.97 Å². The lowest BCUT2D eigenvalue weighted by Gasteiger charge is -2.09. The molecule has 0 fully saturated rings. The van der Waals surface area contributed by atoms with Gasteiger partial charge in [-0.25, -0.2) is 4.79 Å². The average Bonchev–Trinajstić information content (AvgIpc) is 2.61. The highest BCUT2D eigenvalue weighted by Crippen LogP contribution is 2.30. The summed E-state index contributed by atoms with van der Waals surface area (Å²) in [4.78, 5) is 34.1. The number of amides is 1. The number of methoxy groups -OCH3 is 1. The van der Waals surface area contributed by atoms with Crippen molar-refractivity contribution in [1.82, 2.24) is 0 Å². The van der Waals surface area contributed by atoms with Gasteiger partial charge in [0.2, 0.25) is 0 Å². The summed E-state index contributed by atoms with van der Waals surface area (Å²) in [5.41, 5.74) is -0.679. The predicted octanol–water partition coefficient (Wildman–Crippen LogP) is 2.76. The number of hydrogen-bond donors (Lipinski definition) is 2. The number of esters is 1. The number of nitrogens with zero attached hydrogens (tertiary/aromatic N) is 1. The van der Waals surface area contributed by atoms with E-state index in [-0.39, 0.29) is 22.0 Å². The fourth-order valence-corrected chi connectivity index (χ4v) is 2.17. The standard InChI is InChI=1S/C16H13ClN2O7/c1-25-13-4-2-3-10(15(13)21)16(22)26-8-14(20)18-11-6-5-9(17)7-12(11)19(23)24/h2-7,21H,8H2,1H3,(H,18,20). The zero-order chi connectivity index (χ0) is 19.3. The van der Waals surface area contributed by atoms with Gasteiger partial charge in [-0.05, 0) is 24.3 Å². The Morgan fingerprint density at radius 3 is 2.69 bits per heavy atom. The number of phenolic OH excluding ortho intramolecular Hbond substituents is 1. The highest BCUT2D eigenvalue weighted by atomic mass is 35.5. The Morgan fingerprint density at radius 1 is 1.31 bits per heavy atom. The minimum Gasteiger partial charge on any atom is -0.504 e. The van der Waals surface area contributed by atoms with Crippen LogP contribution in [0.4, 0.5) is 11.4 Å². The fourth-order valence-electron chi connectivity index (χ4n) is 2.01. The Balaban J connectivity index is 2.04. The quantitative estimate of drug-likeness (QED) is 0.448. The van der Waals surface area contributed by atoms with Crippen LogP contribution in [-0.4, -0.2) is 35.6 Å². The van der Waals surface area contributed by atoms with Crippen molar-refractivity contribution < 1.29 is 29.1 Å². The molecule has 2 aromatic carbocycles. The number of aromatic hydroxyl groups is 1. The number of benzene rings is 2. The smallest absolute Gasteiger partial charge is 0.342 e. The molecule has 0 unspecified atom stereocenters. The Kier molecular flexibility index (Phi) is 5.97. The fraction of sp³-hybridized carbons (Fsp3) is 0.125. The highest BCUT2D eigenvalue weighted by molar-refractivity contribution is 6.31. The maximum atomic E-state index is 12.0. The minimum absolute atomic E-state index is 0.0701. The number of ether oxygens (including phenoxy) is 2. The SMILES string of the molecule is COc1cccc(C(=O)OCC(=O)Nc2ccc(Cl)cc2[N+](=O)[O-])c1O. The van der Waals surface area contributed by atoms with Gasteiger partial charge in [-0.15, -0.1) is 0 Å². The van der Waals surface area contributed by atoms with Crippen molar-refractivity contribution >= 4 is 34.9 Å². The maximum absolute atomic E-state index is 12.0. The highest BCUT2D eigenvalue weighted by Gasteiger charge is 2.19. The first kappa shape index (κ1) is 19.0. The lowest BCUT2D eigenvalue weighted by molar-refractivity contribution is -0.383. The normalized spacial score (nSPS) is 10.1. The minimum atomic E-state index is -0.956. The number of rotatable bonds is 6. The Labute approximate surface area is 152 Å². The largest absolute Gasteiger partial charge is 0.504 e. The third-order valence-electron chi connectivity index (χ3n) is 3.20. The summed E-state index contributed by atoms with van der Waals surface area (Å²) < 4.78 is 9.68. The molecule has 0 aliphatic carbocycles. The first-order valence-electron chi connectivity index (χ1n) is 7.10. The molecule has 0 saturated carbocycles. The van der Waals surface area contributed by atoms with Crippen molar-refractivity contribution in [2.45, 2.75) is 0 Å². The van der Waals surface area contributed by atoms with Crippen molar-refractivity contribution in [3.05, 3.63) is 57.1 Å². The molecule has 0 bridgehead atoms. The number of anilines is 1. The van der Waals surface area contributed by atoms with Crippen molar-refractivity contribution in [2.75, 3.05) is 19.0 Å². The molecule has 0 aromatic heterocycles. The van der Waals surface area contributed by atoms with Gasteiger partial charge in [-0.2, -0.15) is 0 Å². The lowest BCUT2D eigenvalue weighted by Crippen LogP contribution is -2.21. The summed E-state index contributed by atoms with van der Waals surface area (Å²) >= 11 is 5.69. The van der Waals surface area contributed by atoms with Gasteiger partial charge in [0.05, 0.1) is 12.0 Å². The molecular weight excluding hydrogens is 368 g/mol. The van der Waals surface area contributed by atoms with E-state index in [1.165, 1.54) is 37.4 Å². The Hall–Kier alpha value is -3.33. The second-order valence-corrected chi connectivity index (χ2v) is 5.34. The van der Waals surface area contributed by atoms with Crippen LogP contribution in [-0.2, 0) is 9.53 Å². The average molecular weight is 381 g/mol. The molecule has 0 aliphatic rings. The molecule has 2 rings (SSSR count). The second kappa shape index (κ2) is 8.17. The van der Waals surface area contributed by atoms with Gasteiger partial charge in [-0.1, -0.05) is 17.7 Å². The Morgan fingerprint density at radius 2 is 2.04 bits per heavy atom. The van der Waals surface area contributed by atoms with Crippen LogP contribution in [0.15, 0.2) is 36.4 Å². The molecule has 0 saturated heterocycles. The molecule has 0 heterocycles. The molecule has 26 heavy (non-hydrogen) atoms. The van der Waals surface area contributed by atoms with E-state index < -0.39 is 34.8 Å². The van der Waals surface area contributed by atoms with Crippen molar-refractivity contribution in [3.8, 4) is 11.5 Å². The van der Waals surface area contributed by atoms with Crippen LogP contribution in [0.5, 0.6) is 11.5 Å².